The van der Waals surface area contributed by atoms with E-state index in [4.69, 9.17) is 4.42 Å². The summed E-state index contributed by atoms with van der Waals surface area (Å²) in [5, 5.41) is 3.44. The highest BCUT2D eigenvalue weighted by atomic mass is 79.9. The van der Waals surface area contributed by atoms with Gasteiger partial charge in [0.15, 0.2) is 4.67 Å². The van der Waals surface area contributed by atoms with Gasteiger partial charge in [-0.25, -0.2) is 4.39 Å². The number of rotatable bonds is 5. The standard InChI is InChI=1S/C14H14Br2FNO/c1-2-6-18-13(10-5-7-19-14(10)16)9-3-4-12(17)11(15)8-9/h3-5,7-8,13,18H,2,6H2,1H3. The molecule has 1 heterocycles. The van der Waals surface area contributed by atoms with Gasteiger partial charge < -0.3 is 9.73 Å². The van der Waals surface area contributed by atoms with Crippen LogP contribution in [-0.2, 0) is 0 Å². The molecule has 0 aliphatic heterocycles. The SMILES string of the molecule is CCCNC(c1ccc(F)c(Br)c1)c1ccoc1Br. The first-order valence-corrected chi connectivity index (χ1v) is 7.63. The number of halogens is 3. The van der Waals surface area contributed by atoms with Crippen LogP contribution in [0.5, 0.6) is 0 Å². The molecule has 1 atom stereocenters. The van der Waals surface area contributed by atoms with Crippen molar-refractivity contribution in [3.8, 4) is 0 Å². The predicted molar refractivity (Wildman–Crippen MR) is 80.6 cm³/mol. The van der Waals surface area contributed by atoms with E-state index in [-0.39, 0.29) is 11.9 Å². The minimum atomic E-state index is -0.260. The van der Waals surface area contributed by atoms with Crippen LogP contribution in [0.4, 0.5) is 4.39 Å². The van der Waals surface area contributed by atoms with E-state index < -0.39 is 0 Å². The van der Waals surface area contributed by atoms with Gasteiger partial charge in [0.1, 0.15) is 5.82 Å². The van der Waals surface area contributed by atoms with Crippen LogP contribution >= 0.6 is 31.9 Å². The second kappa shape index (κ2) is 6.68. The quantitative estimate of drug-likeness (QED) is 0.774. The number of hydrogen-bond acceptors (Lipinski definition) is 2. The molecule has 1 unspecified atom stereocenters. The van der Waals surface area contributed by atoms with Gasteiger partial charge in [-0.3, -0.25) is 0 Å². The molecule has 19 heavy (non-hydrogen) atoms. The number of nitrogens with one attached hydrogen (secondary N) is 1. The Morgan fingerprint density at radius 2 is 2.11 bits per heavy atom. The number of hydrogen-bond donors (Lipinski definition) is 1. The summed E-state index contributed by atoms with van der Waals surface area (Å²) in [7, 11) is 0. The fraction of sp³-hybridized carbons (Fsp3) is 0.286. The zero-order valence-electron chi connectivity index (χ0n) is 10.4. The van der Waals surface area contributed by atoms with Crippen LogP contribution in [0.2, 0.25) is 0 Å². The maximum Gasteiger partial charge on any atom is 0.174 e. The fourth-order valence-electron chi connectivity index (χ4n) is 1.90. The van der Waals surface area contributed by atoms with Crippen molar-refractivity contribution < 1.29 is 8.81 Å². The lowest BCUT2D eigenvalue weighted by Gasteiger charge is -2.18. The molecule has 1 aromatic carbocycles. The van der Waals surface area contributed by atoms with E-state index in [9.17, 15) is 4.39 Å². The minimum Gasteiger partial charge on any atom is -0.457 e. The Labute approximate surface area is 128 Å². The third-order valence-electron chi connectivity index (χ3n) is 2.83. The summed E-state index contributed by atoms with van der Waals surface area (Å²) in [6, 6.07) is 6.93. The molecule has 1 N–H and O–H groups in total. The predicted octanol–water partition coefficient (Wildman–Crippen LogP) is 5.03. The molecule has 0 saturated carbocycles. The highest BCUT2D eigenvalue weighted by Gasteiger charge is 2.19. The zero-order valence-corrected chi connectivity index (χ0v) is 13.6. The summed E-state index contributed by atoms with van der Waals surface area (Å²) < 4.78 is 19.8. The van der Waals surface area contributed by atoms with Crippen molar-refractivity contribution in [1.29, 1.82) is 0 Å². The van der Waals surface area contributed by atoms with Gasteiger partial charge in [-0.2, -0.15) is 0 Å². The van der Waals surface area contributed by atoms with E-state index >= 15 is 0 Å². The topological polar surface area (TPSA) is 25.2 Å². The molecule has 0 spiro atoms. The van der Waals surface area contributed by atoms with Gasteiger partial charge in [-0.15, -0.1) is 0 Å². The third kappa shape index (κ3) is 3.46. The van der Waals surface area contributed by atoms with Gasteiger partial charge in [0.05, 0.1) is 16.8 Å². The van der Waals surface area contributed by atoms with Gasteiger partial charge >= 0.3 is 0 Å². The Kier molecular flexibility index (Phi) is 5.19. The van der Waals surface area contributed by atoms with Crippen molar-refractivity contribution >= 4 is 31.9 Å². The second-order valence-corrected chi connectivity index (χ2v) is 5.78. The van der Waals surface area contributed by atoms with Gasteiger partial charge in [0.25, 0.3) is 0 Å². The lowest BCUT2D eigenvalue weighted by atomic mass is 10.0. The first kappa shape index (κ1) is 14.8. The molecule has 2 aromatic rings. The van der Waals surface area contributed by atoms with Crippen molar-refractivity contribution in [3.05, 3.63) is 56.6 Å². The Balaban J connectivity index is 2.37. The lowest BCUT2D eigenvalue weighted by Crippen LogP contribution is -2.23. The normalized spacial score (nSPS) is 12.6. The van der Waals surface area contributed by atoms with Crippen molar-refractivity contribution in [3.63, 3.8) is 0 Å². The van der Waals surface area contributed by atoms with E-state index in [1.165, 1.54) is 6.07 Å². The second-order valence-electron chi connectivity index (χ2n) is 4.21. The summed E-state index contributed by atoms with van der Waals surface area (Å²) >= 11 is 6.62. The molecule has 102 valence electrons. The highest BCUT2D eigenvalue weighted by Crippen LogP contribution is 2.31. The Morgan fingerprint density at radius 1 is 1.32 bits per heavy atom. The summed E-state index contributed by atoms with van der Waals surface area (Å²) in [5.74, 6) is -0.260. The Bertz CT molecular complexity index is 556. The molecule has 0 aliphatic rings. The van der Waals surface area contributed by atoms with Crippen LogP contribution in [0.1, 0.15) is 30.5 Å². The van der Waals surface area contributed by atoms with Gasteiger partial charge in [0, 0.05) is 5.56 Å². The zero-order chi connectivity index (χ0) is 13.8. The monoisotopic (exact) mass is 389 g/mol. The molecule has 0 amide bonds. The molecule has 0 bridgehead atoms. The van der Waals surface area contributed by atoms with Gasteiger partial charge in [-0.05, 0) is 68.6 Å². The van der Waals surface area contributed by atoms with E-state index in [1.54, 1.807) is 18.4 Å². The molecule has 2 rings (SSSR count). The average Bonchev–Trinajstić information content (AvgIpc) is 2.80. The first-order chi connectivity index (χ1) is 9.13. The van der Waals surface area contributed by atoms with E-state index in [1.807, 2.05) is 6.07 Å². The van der Waals surface area contributed by atoms with Crippen molar-refractivity contribution in [2.24, 2.45) is 0 Å². The smallest absolute Gasteiger partial charge is 0.174 e. The Morgan fingerprint density at radius 3 is 2.68 bits per heavy atom. The summed E-state index contributed by atoms with van der Waals surface area (Å²) in [6.07, 6.45) is 2.66. The molecular formula is C14H14Br2FNO. The van der Waals surface area contributed by atoms with Crippen molar-refractivity contribution in [2.45, 2.75) is 19.4 Å². The summed E-state index contributed by atoms with van der Waals surface area (Å²) in [4.78, 5) is 0. The molecule has 0 radical (unpaired) electrons. The largest absolute Gasteiger partial charge is 0.457 e. The van der Waals surface area contributed by atoms with E-state index in [0.29, 0.717) is 9.14 Å². The van der Waals surface area contributed by atoms with E-state index in [2.05, 4.69) is 44.1 Å². The summed E-state index contributed by atoms with van der Waals surface area (Å²) in [6.45, 7) is 2.98. The van der Waals surface area contributed by atoms with Gasteiger partial charge in [-0.1, -0.05) is 13.0 Å². The molecule has 0 saturated heterocycles. The third-order valence-corrected chi connectivity index (χ3v) is 4.08. The van der Waals surface area contributed by atoms with E-state index in [0.717, 1.165) is 24.1 Å². The molecule has 5 heteroatoms. The summed E-state index contributed by atoms with van der Waals surface area (Å²) in [5.41, 5.74) is 2.00. The molecule has 2 nitrogen and oxygen atoms in total. The molecule has 1 aromatic heterocycles. The van der Waals surface area contributed by atoms with Crippen LogP contribution in [0, 0.1) is 5.82 Å². The van der Waals surface area contributed by atoms with Crippen LogP contribution < -0.4 is 5.32 Å². The van der Waals surface area contributed by atoms with Gasteiger partial charge in [0.2, 0.25) is 0 Å². The maximum absolute atomic E-state index is 13.3. The highest BCUT2D eigenvalue weighted by molar-refractivity contribution is 9.10. The van der Waals surface area contributed by atoms with Crippen LogP contribution in [0.25, 0.3) is 0 Å². The minimum absolute atomic E-state index is 0.0232. The number of benzene rings is 1. The maximum atomic E-state index is 13.3. The molecular weight excluding hydrogens is 377 g/mol. The van der Waals surface area contributed by atoms with Crippen molar-refractivity contribution in [2.75, 3.05) is 6.54 Å². The average molecular weight is 391 g/mol. The fourth-order valence-corrected chi connectivity index (χ4v) is 2.76. The van der Waals surface area contributed by atoms with Crippen molar-refractivity contribution in [1.82, 2.24) is 5.32 Å². The number of furan rings is 1. The first-order valence-electron chi connectivity index (χ1n) is 6.04. The van der Waals surface area contributed by atoms with Crippen LogP contribution in [0.15, 0.2) is 44.1 Å². The van der Waals surface area contributed by atoms with Crippen LogP contribution in [0.3, 0.4) is 0 Å². The Hall–Kier alpha value is -0.650. The molecule has 0 aliphatic carbocycles. The lowest BCUT2D eigenvalue weighted by molar-refractivity contribution is 0.523. The molecule has 0 fully saturated rings. The van der Waals surface area contributed by atoms with Crippen LogP contribution in [-0.4, -0.2) is 6.54 Å².